The van der Waals surface area contributed by atoms with Crippen molar-refractivity contribution in [3.8, 4) is 0 Å². The number of aromatic nitrogens is 2. The van der Waals surface area contributed by atoms with E-state index in [-0.39, 0.29) is 35.2 Å². The standard InChI is InChI=1S/C25H46N2O8Si2/c1-16-14-27(23(32)26(21(16)31)13-12-18(28)29)22-20(35-37(10,11)25(5,6)7)19(30)17(34-22)15-33-36(8,9)24(2,3)4/h14,17,19-20,22,30H,12-13,15H2,1-11H3,(H,28,29)/t17-,19-,20-,22-/m1/s1. The molecule has 12 heteroatoms. The monoisotopic (exact) mass is 558 g/mol. The van der Waals surface area contributed by atoms with Gasteiger partial charge in [-0.25, -0.2) is 4.79 Å². The number of aliphatic carboxylic acids is 1. The molecule has 0 spiro atoms. The van der Waals surface area contributed by atoms with E-state index < -0.39 is 58.4 Å². The van der Waals surface area contributed by atoms with Gasteiger partial charge in [0.25, 0.3) is 5.56 Å². The molecule has 10 nitrogen and oxygen atoms in total. The lowest BCUT2D eigenvalue weighted by atomic mass is 10.1. The molecule has 0 saturated carbocycles. The molecule has 1 aromatic rings. The van der Waals surface area contributed by atoms with Crippen LogP contribution in [0.4, 0.5) is 0 Å². The SMILES string of the molecule is Cc1cn([C@@H]2O[C@H](CO[Si](C)(C)C(C)(C)C)[C@@H](O)[C@H]2O[Si](C)(C)C(C)(C)C)c(=O)n(CCC(=O)O)c1=O. The van der Waals surface area contributed by atoms with Crippen LogP contribution in [0.1, 0.15) is 59.8 Å². The van der Waals surface area contributed by atoms with Gasteiger partial charge < -0.3 is 23.8 Å². The van der Waals surface area contributed by atoms with Crippen molar-refractivity contribution in [1.29, 1.82) is 0 Å². The molecule has 1 saturated heterocycles. The molecule has 0 aromatic carbocycles. The highest BCUT2D eigenvalue weighted by molar-refractivity contribution is 6.74. The summed E-state index contributed by atoms with van der Waals surface area (Å²) >= 11 is 0. The molecular formula is C25H46N2O8Si2. The second-order valence-corrected chi connectivity index (χ2v) is 22.6. The quantitative estimate of drug-likeness (QED) is 0.441. The predicted molar refractivity (Wildman–Crippen MR) is 147 cm³/mol. The molecule has 0 radical (unpaired) electrons. The predicted octanol–water partition coefficient (Wildman–Crippen LogP) is 3.46. The number of carboxylic acids is 1. The maximum atomic E-state index is 13.4. The van der Waals surface area contributed by atoms with Crippen molar-refractivity contribution in [2.75, 3.05) is 6.61 Å². The molecular weight excluding hydrogens is 512 g/mol. The molecule has 0 bridgehead atoms. The van der Waals surface area contributed by atoms with Crippen LogP contribution in [0.25, 0.3) is 0 Å². The third-order valence-electron chi connectivity index (χ3n) is 8.15. The van der Waals surface area contributed by atoms with Crippen LogP contribution in [0.5, 0.6) is 0 Å². The van der Waals surface area contributed by atoms with Crippen molar-refractivity contribution in [2.45, 2.75) is 122 Å². The second-order valence-electron chi connectivity index (χ2n) is 13.1. The number of hydrogen-bond acceptors (Lipinski definition) is 7. The van der Waals surface area contributed by atoms with E-state index >= 15 is 0 Å². The average Bonchev–Trinajstić information content (AvgIpc) is 3.02. The largest absolute Gasteiger partial charge is 0.481 e. The summed E-state index contributed by atoms with van der Waals surface area (Å²) in [5.41, 5.74) is -1.00. The molecule has 0 amide bonds. The van der Waals surface area contributed by atoms with Crippen LogP contribution >= 0.6 is 0 Å². The number of nitrogens with zero attached hydrogens (tertiary/aromatic N) is 2. The topological polar surface area (TPSA) is 129 Å². The van der Waals surface area contributed by atoms with Gasteiger partial charge in [0.2, 0.25) is 0 Å². The number of carboxylic acid groups (broad SMARTS) is 1. The first-order chi connectivity index (χ1) is 16.6. The van der Waals surface area contributed by atoms with E-state index in [2.05, 4.69) is 67.7 Å². The summed E-state index contributed by atoms with van der Waals surface area (Å²) in [5, 5.41) is 20.3. The minimum atomic E-state index is -2.42. The number of aliphatic hydroxyl groups is 1. The number of aliphatic hydroxyl groups excluding tert-OH is 1. The van der Waals surface area contributed by atoms with Gasteiger partial charge in [0.15, 0.2) is 22.9 Å². The molecule has 2 heterocycles. The molecule has 1 fully saturated rings. The minimum Gasteiger partial charge on any atom is -0.481 e. The van der Waals surface area contributed by atoms with Gasteiger partial charge in [0.1, 0.15) is 18.3 Å². The lowest BCUT2D eigenvalue weighted by Gasteiger charge is -2.40. The van der Waals surface area contributed by atoms with Gasteiger partial charge in [-0.1, -0.05) is 41.5 Å². The first kappa shape index (κ1) is 31.6. The molecule has 0 unspecified atom stereocenters. The smallest absolute Gasteiger partial charge is 0.333 e. The Bertz CT molecular complexity index is 1100. The Kier molecular flexibility index (Phi) is 9.31. The van der Waals surface area contributed by atoms with E-state index in [1.807, 2.05) is 0 Å². The van der Waals surface area contributed by atoms with E-state index in [9.17, 15) is 19.5 Å². The highest BCUT2D eigenvalue weighted by atomic mass is 28.4. The van der Waals surface area contributed by atoms with Crippen LogP contribution < -0.4 is 11.2 Å². The summed E-state index contributed by atoms with van der Waals surface area (Å²) in [4.78, 5) is 37.2. The van der Waals surface area contributed by atoms with E-state index in [1.54, 1.807) is 6.92 Å². The van der Waals surface area contributed by atoms with E-state index in [4.69, 9.17) is 18.7 Å². The summed E-state index contributed by atoms with van der Waals surface area (Å²) in [6, 6.07) is 0. The van der Waals surface area contributed by atoms with Gasteiger partial charge >= 0.3 is 11.7 Å². The summed E-state index contributed by atoms with van der Waals surface area (Å²) in [7, 11) is -4.58. The number of hydrogen-bond donors (Lipinski definition) is 2. The van der Waals surface area contributed by atoms with Crippen molar-refractivity contribution in [3.05, 3.63) is 32.6 Å². The first-order valence-electron chi connectivity index (χ1n) is 12.8. The number of rotatable bonds is 9. The fourth-order valence-electron chi connectivity index (χ4n) is 3.58. The molecule has 4 atom stereocenters. The van der Waals surface area contributed by atoms with Crippen molar-refractivity contribution >= 4 is 22.6 Å². The van der Waals surface area contributed by atoms with Crippen molar-refractivity contribution in [2.24, 2.45) is 0 Å². The van der Waals surface area contributed by atoms with Crippen LogP contribution in [0.15, 0.2) is 15.8 Å². The number of carbonyl (C=O) groups is 1. The van der Waals surface area contributed by atoms with Crippen LogP contribution in [0.3, 0.4) is 0 Å². The zero-order valence-corrected chi connectivity index (χ0v) is 26.2. The normalized spacial score (nSPS) is 23.5. The fourth-order valence-corrected chi connectivity index (χ4v) is 5.88. The molecule has 37 heavy (non-hydrogen) atoms. The Hall–Kier alpha value is -1.58. The van der Waals surface area contributed by atoms with Gasteiger partial charge in [0.05, 0.1) is 13.0 Å². The van der Waals surface area contributed by atoms with E-state index in [0.717, 1.165) is 4.57 Å². The lowest BCUT2D eigenvalue weighted by Crippen LogP contribution is -2.51. The third kappa shape index (κ3) is 6.90. The zero-order valence-electron chi connectivity index (χ0n) is 24.2. The van der Waals surface area contributed by atoms with Gasteiger partial charge in [-0.2, -0.15) is 0 Å². The Morgan fingerprint density at radius 3 is 2.08 bits per heavy atom. The molecule has 2 N–H and O–H groups in total. The first-order valence-corrected chi connectivity index (χ1v) is 18.6. The van der Waals surface area contributed by atoms with Gasteiger partial charge in [-0.15, -0.1) is 0 Å². The maximum Gasteiger partial charge on any atom is 0.333 e. The van der Waals surface area contributed by atoms with Crippen LogP contribution in [-0.4, -0.2) is 66.9 Å². The van der Waals surface area contributed by atoms with Crippen molar-refractivity contribution < 1.29 is 28.6 Å². The van der Waals surface area contributed by atoms with Crippen LogP contribution in [0.2, 0.25) is 36.3 Å². The Morgan fingerprint density at radius 2 is 1.59 bits per heavy atom. The third-order valence-corrected chi connectivity index (χ3v) is 17.1. The highest BCUT2D eigenvalue weighted by Crippen LogP contribution is 2.42. The Balaban J connectivity index is 2.55. The summed E-state index contributed by atoms with van der Waals surface area (Å²) < 4.78 is 21.4. The van der Waals surface area contributed by atoms with Crippen molar-refractivity contribution in [3.63, 3.8) is 0 Å². The average molecular weight is 559 g/mol. The molecule has 2 rings (SSSR count). The van der Waals surface area contributed by atoms with Gasteiger partial charge in [-0.3, -0.25) is 18.7 Å². The Morgan fingerprint density at radius 1 is 1.05 bits per heavy atom. The molecule has 0 aliphatic carbocycles. The van der Waals surface area contributed by atoms with Gasteiger partial charge in [-0.05, 0) is 43.2 Å². The van der Waals surface area contributed by atoms with Crippen molar-refractivity contribution in [1.82, 2.24) is 9.13 Å². The Labute approximate surface area is 221 Å². The van der Waals surface area contributed by atoms with Crippen LogP contribution in [0, 0.1) is 6.92 Å². The minimum absolute atomic E-state index is 0.0410. The fraction of sp³-hybridized carbons (Fsp3) is 0.800. The zero-order chi connectivity index (χ0) is 28.7. The molecule has 1 aromatic heterocycles. The lowest BCUT2D eigenvalue weighted by molar-refractivity contribution is -0.137. The number of aryl methyl sites for hydroxylation is 1. The van der Waals surface area contributed by atoms with Gasteiger partial charge in [0, 0.05) is 18.3 Å². The second kappa shape index (κ2) is 10.9. The summed E-state index contributed by atoms with van der Waals surface area (Å²) in [5.74, 6) is -1.12. The summed E-state index contributed by atoms with van der Waals surface area (Å²) in [6.07, 6.45) is -2.69. The highest BCUT2D eigenvalue weighted by Gasteiger charge is 2.51. The van der Waals surface area contributed by atoms with E-state index in [0.29, 0.717) is 0 Å². The van der Waals surface area contributed by atoms with Crippen LogP contribution in [-0.2, 0) is 24.9 Å². The molecule has 212 valence electrons. The molecule has 1 aliphatic rings. The maximum absolute atomic E-state index is 13.4. The number of ether oxygens (including phenoxy) is 1. The molecule has 1 aliphatic heterocycles. The van der Waals surface area contributed by atoms with E-state index in [1.165, 1.54) is 10.8 Å². The summed E-state index contributed by atoms with van der Waals surface area (Å²) in [6.45, 7) is 22.4.